The van der Waals surface area contributed by atoms with E-state index in [2.05, 4.69) is 15.5 Å². The highest BCUT2D eigenvalue weighted by Crippen LogP contribution is 2.12. The van der Waals surface area contributed by atoms with E-state index >= 15 is 0 Å². The molecule has 0 aromatic heterocycles. The number of nitrogens with one attached hydrogen (secondary N) is 2. The van der Waals surface area contributed by atoms with Crippen molar-refractivity contribution in [3.05, 3.63) is 11.3 Å². The lowest BCUT2D eigenvalue weighted by Crippen LogP contribution is -2.52. The molecule has 0 spiro atoms. The quantitative estimate of drug-likeness (QED) is 0.663. The predicted octanol–water partition coefficient (Wildman–Crippen LogP) is 0.527. The Balaban J connectivity index is 1.91. The number of esters is 1. The molecule has 2 rings (SSSR count). The number of rotatable bonds is 6. The molecule has 1 fully saturated rings. The maximum atomic E-state index is 12.1. The molecule has 2 aliphatic rings. The molecule has 9 heteroatoms. The number of carbonyl (C=O) groups is 3. The van der Waals surface area contributed by atoms with Gasteiger partial charge in [0.25, 0.3) is 0 Å². The molecule has 0 unspecified atom stereocenters. The average Bonchev–Trinajstić information content (AvgIpc) is 2.60. The minimum Gasteiger partial charge on any atom is -0.463 e. The zero-order valence-corrected chi connectivity index (χ0v) is 15.7. The second kappa shape index (κ2) is 9.42. The molecule has 0 aromatic carbocycles. The van der Waals surface area contributed by atoms with Crippen molar-refractivity contribution in [1.82, 2.24) is 20.4 Å². The standard InChI is InChI=1S/C17H28N4O5/c1-4-25-15(22)13-9-18-16(23)19-14(13)10-20-5-7-21(8-6-20)17(24)26-11-12(2)3/h12H,4-11H2,1-3H3,(H2,18,19,23). The Morgan fingerprint density at radius 1 is 1.15 bits per heavy atom. The molecule has 26 heavy (non-hydrogen) atoms. The van der Waals surface area contributed by atoms with E-state index in [4.69, 9.17) is 9.47 Å². The van der Waals surface area contributed by atoms with Gasteiger partial charge in [0.05, 0.1) is 25.3 Å². The van der Waals surface area contributed by atoms with Crippen LogP contribution in [0.5, 0.6) is 0 Å². The van der Waals surface area contributed by atoms with Crippen LogP contribution in [0.15, 0.2) is 11.3 Å². The van der Waals surface area contributed by atoms with E-state index < -0.39 is 5.97 Å². The molecular formula is C17H28N4O5. The van der Waals surface area contributed by atoms with Crippen molar-refractivity contribution >= 4 is 18.1 Å². The van der Waals surface area contributed by atoms with Gasteiger partial charge in [-0.1, -0.05) is 13.8 Å². The Bertz CT molecular complexity index is 568. The zero-order valence-electron chi connectivity index (χ0n) is 15.7. The first-order valence-electron chi connectivity index (χ1n) is 8.98. The van der Waals surface area contributed by atoms with Gasteiger partial charge in [0.2, 0.25) is 0 Å². The van der Waals surface area contributed by atoms with Gasteiger partial charge in [-0.05, 0) is 12.8 Å². The zero-order chi connectivity index (χ0) is 19.1. The summed E-state index contributed by atoms with van der Waals surface area (Å²) in [6, 6.07) is -0.330. The summed E-state index contributed by atoms with van der Waals surface area (Å²) in [4.78, 5) is 39.5. The van der Waals surface area contributed by atoms with Crippen molar-refractivity contribution in [3.8, 4) is 0 Å². The average molecular weight is 368 g/mol. The fourth-order valence-corrected chi connectivity index (χ4v) is 2.72. The molecule has 3 amide bonds. The Hall–Kier alpha value is -2.29. The van der Waals surface area contributed by atoms with Crippen molar-refractivity contribution < 1.29 is 23.9 Å². The summed E-state index contributed by atoms with van der Waals surface area (Å²) in [7, 11) is 0. The topological polar surface area (TPSA) is 100 Å². The van der Waals surface area contributed by atoms with Crippen molar-refractivity contribution in [3.63, 3.8) is 0 Å². The van der Waals surface area contributed by atoms with Crippen molar-refractivity contribution in [2.45, 2.75) is 20.8 Å². The monoisotopic (exact) mass is 368 g/mol. The third kappa shape index (κ3) is 5.62. The maximum absolute atomic E-state index is 12.1. The van der Waals surface area contributed by atoms with Gasteiger partial charge in [-0.15, -0.1) is 0 Å². The van der Waals surface area contributed by atoms with Crippen molar-refractivity contribution in [1.29, 1.82) is 0 Å². The van der Waals surface area contributed by atoms with Crippen molar-refractivity contribution in [2.24, 2.45) is 5.92 Å². The van der Waals surface area contributed by atoms with E-state index in [9.17, 15) is 14.4 Å². The van der Waals surface area contributed by atoms with Gasteiger partial charge in [0, 0.05) is 38.4 Å². The minimum absolute atomic E-state index is 0.154. The number of piperazine rings is 1. The van der Waals surface area contributed by atoms with Crippen LogP contribution in [-0.4, -0.2) is 80.4 Å². The van der Waals surface area contributed by atoms with E-state index in [-0.39, 0.29) is 25.3 Å². The smallest absolute Gasteiger partial charge is 0.409 e. The normalized spacial score (nSPS) is 18.5. The van der Waals surface area contributed by atoms with Gasteiger partial charge in [-0.2, -0.15) is 0 Å². The highest BCUT2D eigenvalue weighted by molar-refractivity contribution is 5.93. The molecule has 0 radical (unpaired) electrons. The molecule has 0 bridgehead atoms. The molecule has 0 aromatic rings. The van der Waals surface area contributed by atoms with Crippen LogP contribution in [0.25, 0.3) is 0 Å². The van der Waals surface area contributed by atoms with Gasteiger partial charge >= 0.3 is 18.1 Å². The van der Waals surface area contributed by atoms with Crippen LogP contribution in [0.3, 0.4) is 0 Å². The number of hydrogen-bond donors (Lipinski definition) is 2. The lowest BCUT2D eigenvalue weighted by Gasteiger charge is -2.35. The van der Waals surface area contributed by atoms with Crippen LogP contribution < -0.4 is 10.6 Å². The van der Waals surface area contributed by atoms with E-state index in [0.29, 0.717) is 56.5 Å². The van der Waals surface area contributed by atoms with E-state index in [0.717, 1.165) is 0 Å². The number of hydrogen-bond acceptors (Lipinski definition) is 6. The third-order valence-corrected chi connectivity index (χ3v) is 4.13. The molecule has 0 atom stereocenters. The molecule has 146 valence electrons. The summed E-state index contributed by atoms with van der Waals surface area (Å²) >= 11 is 0. The van der Waals surface area contributed by atoms with E-state index in [1.165, 1.54) is 0 Å². The summed E-state index contributed by atoms with van der Waals surface area (Å²) in [6.45, 7) is 9.37. The highest BCUT2D eigenvalue weighted by atomic mass is 16.6. The number of amides is 3. The largest absolute Gasteiger partial charge is 0.463 e. The SMILES string of the molecule is CCOC(=O)C1=C(CN2CCN(C(=O)OCC(C)C)CC2)NC(=O)NC1. The predicted molar refractivity (Wildman–Crippen MR) is 94.4 cm³/mol. The second-order valence-electron chi connectivity index (χ2n) is 6.72. The molecule has 0 saturated carbocycles. The van der Waals surface area contributed by atoms with E-state index in [1.807, 2.05) is 13.8 Å². The number of urea groups is 1. The first kappa shape index (κ1) is 20.0. The summed E-state index contributed by atoms with van der Waals surface area (Å²) in [6.07, 6.45) is -0.292. The maximum Gasteiger partial charge on any atom is 0.409 e. The van der Waals surface area contributed by atoms with Crippen LogP contribution in [0, 0.1) is 5.92 Å². The van der Waals surface area contributed by atoms with Crippen molar-refractivity contribution in [2.75, 3.05) is 52.5 Å². The number of nitrogens with zero attached hydrogens (tertiary/aromatic N) is 2. The van der Waals surface area contributed by atoms with Crippen LogP contribution in [-0.2, 0) is 14.3 Å². The summed E-state index contributed by atoms with van der Waals surface area (Å²) in [5.74, 6) is -0.122. The number of ether oxygens (including phenoxy) is 2. The van der Waals surface area contributed by atoms with Crippen LogP contribution in [0.1, 0.15) is 20.8 Å². The summed E-state index contributed by atoms with van der Waals surface area (Å²) in [5, 5.41) is 5.29. The van der Waals surface area contributed by atoms with Gasteiger partial charge in [-0.25, -0.2) is 14.4 Å². The van der Waals surface area contributed by atoms with Crippen LogP contribution in [0.4, 0.5) is 9.59 Å². The molecule has 2 aliphatic heterocycles. The second-order valence-corrected chi connectivity index (χ2v) is 6.72. The van der Waals surface area contributed by atoms with Crippen LogP contribution >= 0.6 is 0 Å². The van der Waals surface area contributed by atoms with Gasteiger partial charge in [-0.3, -0.25) is 4.90 Å². The molecule has 0 aliphatic carbocycles. The van der Waals surface area contributed by atoms with Gasteiger partial charge in [0.1, 0.15) is 0 Å². The lowest BCUT2D eigenvalue weighted by atomic mass is 10.1. The molecule has 2 heterocycles. The highest BCUT2D eigenvalue weighted by Gasteiger charge is 2.27. The Morgan fingerprint density at radius 2 is 1.85 bits per heavy atom. The van der Waals surface area contributed by atoms with E-state index in [1.54, 1.807) is 11.8 Å². The first-order valence-corrected chi connectivity index (χ1v) is 8.98. The Labute approximate surface area is 153 Å². The van der Waals surface area contributed by atoms with Crippen LogP contribution in [0.2, 0.25) is 0 Å². The Kier molecular flexibility index (Phi) is 7.26. The fourth-order valence-electron chi connectivity index (χ4n) is 2.72. The first-order chi connectivity index (χ1) is 12.4. The fraction of sp³-hybridized carbons (Fsp3) is 0.706. The molecule has 2 N–H and O–H groups in total. The minimum atomic E-state index is -0.425. The summed E-state index contributed by atoms with van der Waals surface area (Å²) < 4.78 is 10.3. The molecular weight excluding hydrogens is 340 g/mol. The number of carbonyl (C=O) groups excluding carboxylic acids is 3. The van der Waals surface area contributed by atoms with Gasteiger partial charge in [0.15, 0.2) is 0 Å². The summed E-state index contributed by atoms with van der Waals surface area (Å²) in [5.41, 5.74) is 0.994. The third-order valence-electron chi connectivity index (χ3n) is 4.13. The van der Waals surface area contributed by atoms with Gasteiger partial charge < -0.3 is 25.0 Å². The molecule has 1 saturated heterocycles. The lowest BCUT2D eigenvalue weighted by molar-refractivity contribution is -0.138. The molecule has 9 nitrogen and oxygen atoms in total. The Morgan fingerprint density at radius 3 is 2.46 bits per heavy atom.